The molecule has 0 radical (unpaired) electrons. The van der Waals surface area contributed by atoms with Crippen LogP contribution in [0.25, 0.3) is 0 Å². The first-order chi connectivity index (χ1) is 8.99. The maximum absolute atomic E-state index is 13.2. The van der Waals surface area contributed by atoms with Gasteiger partial charge in [0, 0.05) is 17.2 Å². The predicted molar refractivity (Wildman–Crippen MR) is 75.6 cm³/mol. The Morgan fingerprint density at radius 2 is 2.00 bits per heavy atom. The lowest BCUT2D eigenvalue weighted by molar-refractivity contribution is 0.0697. The number of benzene rings is 2. The molecule has 0 aliphatic heterocycles. The van der Waals surface area contributed by atoms with Crippen LogP contribution in [-0.2, 0) is 0 Å². The van der Waals surface area contributed by atoms with E-state index in [1.165, 1.54) is 18.2 Å². The summed E-state index contributed by atoms with van der Waals surface area (Å²) >= 11 is 3.31. The van der Waals surface area contributed by atoms with E-state index in [2.05, 4.69) is 15.9 Å². The van der Waals surface area contributed by atoms with Gasteiger partial charge < -0.3 is 10.0 Å². The van der Waals surface area contributed by atoms with Gasteiger partial charge in [-0.2, -0.15) is 0 Å². The first-order valence-corrected chi connectivity index (χ1v) is 6.30. The van der Waals surface area contributed by atoms with E-state index < -0.39 is 5.97 Å². The molecule has 0 bridgehead atoms. The number of hydrogen-bond acceptors (Lipinski definition) is 2. The van der Waals surface area contributed by atoms with Gasteiger partial charge in [-0.1, -0.05) is 22.0 Å². The van der Waals surface area contributed by atoms with Gasteiger partial charge in [-0.25, -0.2) is 9.18 Å². The smallest absolute Gasteiger partial charge is 0.337 e. The van der Waals surface area contributed by atoms with E-state index in [0.717, 1.165) is 4.47 Å². The average Bonchev–Trinajstić information content (AvgIpc) is 2.37. The molecular weight excluding hydrogens is 313 g/mol. The number of carboxylic acid groups (broad SMARTS) is 1. The summed E-state index contributed by atoms with van der Waals surface area (Å²) in [7, 11) is 1.70. The predicted octanol–water partition coefficient (Wildman–Crippen LogP) is 4.05. The average molecular weight is 324 g/mol. The normalized spacial score (nSPS) is 10.3. The van der Waals surface area contributed by atoms with Gasteiger partial charge in [0.2, 0.25) is 0 Å². The quantitative estimate of drug-likeness (QED) is 0.926. The highest BCUT2D eigenvalue weighted by atomic mass is 79.9. The third-order valence-electron chi connectivity index (χ3n) is 2.75. The Balaban J connectivity index is 2.51. The van der Waals surface area contributed by atoms with Crippen molar-refractivity contribution in [1.29, 1.82) is 0 Å². The van der Waals surface area contributed by atoms with Crippen LogP contribution in [-0.4, -0.2) is 18.1 Å². The number of rotatable bonds is 3. The van der Waals surface area contributed by atoms with Crippen molar-refractivity contribution in [2.45, 2.75) is 0 Å². The van der Waals surface area contributed by atoms with Crippen molar-refractivity contribution >= 4 is 33.3 Å². The SMILES string of the molecule is CN(c1cccc(F)c1)c1cc(Br)ccc1C(=O)O. The Hall–Kier alpha value is -1.88. The minimum absolute atomic E-state index is 0.162. The second-order valence-electron chi connectivity index (χ2n) is 4.01. The van der Waals surface area contributed by atoms with Crippen LogP contribution in [0.4, 0.5) is 15.8 Å². The monoisotopic (exact) mass is 323 g/mol. The molecule has 3 nitrogen and oxygen atoms in total. The van der Waals surface area contributed by atoms with Crippen LogP contribution in [0, 0.1) is 5.82 Å². The molecule has 1 N–H and O–H groups in total. The molecule has 19 heavy (non-hydrogen) atoms. The highest BCUT2D eigenvalue weighted by Gasteiger charge is 2.15. The van der Waals surface area contributed by atoms with E-state index in [0.29, 0.717) is 11.4 Å². The van der Waals surface area contributed by atoms with Crippen LogP contribution in [0.5, 0.6) is 0 Å². The number of carboxylic acids is 1. The number of anilines is 2. The molecule has 2 rings (SSSR count). The van der Waals surface area contributed by atoms with E-state index in [4.69, 9.17) is 0 Å². The van der Waals surface area contributed by atoms with Crippen LogP contribution in [0.15, 0.2) is 46.9 Å². The fourth-order valence-corrected chi connectivity index (χ4v) is 2.14. The highest BCUT2D eigenvalue weighted by molar-refractivity contribution is 9.10. The summed E-state index contributed by atoms with van der Waals surface area (Å²) in [5, 5.41) is 9.19. The van der Waals surface area contributed by atoms with Gasteiger partial charge in [-0.15, -0.1) is 0 Å². The summed E-state index contributed by atoms with van der Waals surface area (Å²) in [4.78, 5) is 12.9. The summed E-state index contributed by atoms with van der Waals surface area (Å²) in [6.45, 7) is 0. The van der Waals surface area contributed by atoms with E-state index in [1.54, 1.807) is 36.2 Å². The summed E-state index contributed by atoms with van der Waals surface area (Å²) in [5.41, 5.74) is 1.24. The Labute approximate surface area is 118 Å². The lowest BCUT2D eigenvalue weighted by atomic mass is 10.1. The first-order valence-electron chi connectivity index (χ1n) is 5.51. The summed E-state index contributed by atoms with van der Waals surface area (Å²) in [5.74, 6) is -1.39. The molecule has 0 unspecified atom stereocenters. The first kappa shape index (κ1) is 13.5. The van der Waals surface area contributed by atoms with Gasteiger partial charge >= 0.3 is 5.97 Å². The second kappa shape index (κ2) is 5.40. The maximum atomic E-state index is 13.2. The standard InChI is InChI=1S/C14H11BrFNO2/c1-17(11-4-2-3-10(16)8-11)13-7-9(15)5-6-12(13)14(18)19/h2-8H,1H3,(H,18,19). The van der Waals surface area contributed by atoms with Crippen LogP contribution in [0.3, 0.4) is 0 Å². The minimum atomic E-state index is -1.02. The largest absolute Gasteiger partial charge is 0.478 e. The fourth-order valence-electron chi connectivity index (χ4n) is 1.79. The number of nitrogens with zero attached hydrogens (tertiary/aromatic N) is 1. The molecule has 0 heterocycles. The molecule has 5 heteroatoms. The molecule has 0 saturated heterocycles. The fraction of sp³-hybridized carbons (Fsp3) is 0.0714. The number of halogens is 2. The van der Waals surface area contributed by atoms with Crippen molar-refractivity contribution in [3.05, 3.63) is 58.3 Å². The Morgan fingerprint density at radius 3 is 2.63 bits per heavy atom. The van der Waals surface area contributed by atoms with Crippen molar-refractivity contribution in [3.8, 4) is 0 Å². The molecule has 0 amide bonds. The van der Waals surface area contributed by atoms with E-state index in [-0.39, 0.29) is 11.4 Å². The Bertz CT molecular complexity index is 631. The van der Waals surface area contributed by atoms with Crippen molar-refractivity contribution in [2.75, 3.05) is 11.9 Å². The molecule has 0 atom stereocenters. The van der Waals surface area contributed by atoms with Crippen molar-refractivity contribution in [3.63, 3.8) is 0 Å². The molecular formula is C14H11BrFNO2. The van der Waals surface area contributed by atoms with E-state index in [9.17, 15) is 14.3 Å². The van der Waals surface area contributed by atoms with E-state index in [1.807, 2.05) is 0 Å². The van der Waals surface area contributed by atoms with Crippen LogP contribution < -0.4 is 4.90 Å². The molecule has 2 aromatic rings. The maximum Gasteiger partial charge on any atom is 0.337 e. The number of hydrogen-bond donors (Lipinski definition) is 1. The molecule has 0 fully saturated rings. The van der Waals surface area contributed by atoms with Crippen LogP contribution in [0.1, 0.15) is 10.4 Å². The van der Waals surface area contributed by atoms with Gasteiger partial charge in [-0.3, -0.25) is 0 Å². The molecule has 0 aliphatic carbocycles. The van der Waals surface area contributed by atoms with Gasteiger partial charge in [-0.05, 0) is 36.4 Å². The van der Waals surface area contributed by atoms with E-state index >= 15 is 0 Å². The lowest BCUT2D eigenvalue weighted by Gasteiger charge is -2.21. The molecule has 2 aromatic carbocycles. The topological polar surface area (TPSA) is 40.5 Å². The molecule has 0 spiro atoms. The minimum Gasteiger partial charge on any atom is -0.478 e. The zero-order valence-electron chi connectivity index (χ0n) is 10.1. The molecule has 98 valence electrons. The summed E-state index contributed by atoms with van der Waals surface area (Å²) in [6, 6.07) is 10.9. The lowest BCUT2D eigenvalue weighted by Crippen LogP contribution is -2.14. The van der Waals surface area contributed by atoms with Crippen molar-refractivity contribution < 1.29 is 14.3 Å². The zero-order valence-corrected chi connectivity index (χ0v) is 11.7. The molecule has 0 aromatic heterocycles. The highest BCUT2D eigenvalue weighted by Crippen LogP contribution is 2.30. The number of carbonyl (C=O) groups is 1. The summed E-state index contributed by atoms with van der Waals surface area (Å²) in [6.07, 6.45) is 0. The zero-order chi connectivity index (χ0) is 14.0. The Morgan fingerprint density at radius 1 is 1.26 bits per heavy atom. The van der Waals surface area contributed by atoms with Gasteiger partial charge in [0.05, 0.1) is 11.3 Å². The van der Waals surface area contributed by atoms with Crippen molar-refractivity contribution in [1.82, 2.24) is 0 Å². The van der Waals surface area contributed by atoms with Gasteiger partial charge in [0.1, 0.15) is 5.82 Å². The molecule has 0 aliphatic rings. The molecule has 0 saturated carbocycles. The Kier molecular flexibility index (Phi) is 3.85. The van der Waals surface area contributed by atoms with Crippen LogP contribution >= 0.6 is 15.9 Å². The van der Waals surface area contributed by atoms with Crippen LogP contribution in [0.2, 0.25) is 0 Å². The van der Waals surface area contributed by atoms with Crippen molar-refractivity contribution in [2.24, 2.45) is 0 Å². The third kappa shape index (κ3) is 2.93. The number of aromatic carboxylic acids is 1. The summed E-state index contributed by atoms with van der Waals surface area (Å²) < 4.78 is 14.0. The van der Waals surface area contributed by atoms with Gasteiger partial charge in [0.25, 0.3) is 0 Å². The van der Waals surface area contributed by atoms with Gasteiger partial charge in [0.15, 0.2) is 0 Å². The third-order valence-corrected chi connectivity index (χ3v) is 3.24. The second-order valence-corrected chi connectivity index (χ2v) is 4.92.